The van der Waals surface area contributed by atoms with Crippen molar-refractivity contribution in [2.75, 3.05) is 6.54 Å². The minimum atomic E-state index is -0.155. The van der Waals surface area contributed by atoms with E-state index in [4.69, 9.17) is 5.11 Å². The standard InChI is InChI=1S/C14H19NO2/c1-9-3-10(2)5-12(4-9)14(17)15-8-11-6-13(16)7-11/h3-5,11,13,16H,6-8H2,1-2H3,(H,15,17). The summed E-state index contributed by atoms with van der Waals surface area (Å²) in [7, 11) is 0. The Labute approximate surface area is 102 Å². The van der Waals surface area contributed by atoms with Crippen LogP contribution in [0.4, 0.5) is 0 Å². The van der Waals surface area contributed by atoms with Crippen molar-refractivity contribution in [1.29, 1.82) is 0 Å². The third-order valence-corrected chi connectivity index (χ3v) is 3.25. The molecule has 0 spiro atoms. The lowest BCUT2D eigenvalue weighted by Gasteiger charge is -2.31. The van der Waals surface area contributed by atoms with Gasteiger partial charge in [0.15, 0.2) is 0 Å². The van der Waals surface area contributed by atoms with E-state index in [1.54, 1.807) is 0 Å². The van der Waals surface area contributed by atoms with Crippen LogP contribution in [-0.2, 0) is 0 Å². The molecule has 17 heavy (non-hydrogen) atoms. The third-order valence-electron chi connectivity index (χ3n) is 3.25. The maximum Gasteiger partial charge on any atom is 0.251 e. The Kier molecular flexibility index (Phi) is 3.48. The largest absolute Gasteiger partial charge is 0.393 e. The van der Waals surface area contributed by atoms with E-state index >= 15 is 0 Å². The predicted octanol–water partition coefficient (Wildman–Crippen LogP) is 1.80. The van der Waals surface area contributed by atoms with Gasteiger partial charge < -0.3 is 10.4 Å². The molecule has 0 radical (unpaired) electrons. The Balaban J connectivity index is 1.90. The van der Waals surface area contributed by atoms with Crippen molar-refractivity contribution in [3.8, 4) is 0 Å². The Morgan fingerprint density at radius 1 is 1.29 bits per heavy atom. The minimum Gasteiger partial charge on any atom is -0.393 e. The molecule has 1 aromatic carbocycles. The van der Waals surface area contributed by atoms with Crippen LogP contribution in [0, 0.1) is 19.8 Å². The topological polar surface area (TPSA) is 49.3 Å². The number of hydrogen-bond acceptors (Lipinski definition) is 2. The first kappa shape index (κ1) is 12.1. The molecule has 0 saturated heterocycles. The SMILES string of the molecule is Cc1cc(C)cc(C(=O)NCC2CC(O)C2)c1. The molecule has 1 fully saturated rings. The van der Waals surface area contributed by atoms with E-state index in [2.05, 4.69) is 11.4 Å². The summed E-state index contributed by atoms with van der Waals surface area (Å²) < 4.78 is 0. The van der Waals surface area contributed by atoms with Gasteiger partial charge in [0.1, 0.15) is 0 Å². The van der Waals surface area contributed by atoms with Gasteiger partial charge in [0.25, 0.3) is 5.91 Å². The molecule has 3 heteroatoms. The Bertz CT molecular complexity index is 402. The van der Waals surface area contributed by atoms with Gasteiger partial charge in [0.2, 0.25) is 0 Å². The number of nitrogens with one attached hydrogen (secondary N) is 1. The van der Waals surface area contributed by atoms with Crippen LogP contribution in [0.5, 0.6) is 0 Å². The fourth-order valence-corrected chi connectivity index (χ4v) is 2.31. The number of hydrogen-bond donors (Lipinski definition) is 2. The number of amides is 1. The van der Waals surface area contributed by atoms with E-state index in [9.17, 15) is 4.79 Å². The summed E-state index contributed by atoms with van der Waals surface area (Å²) in [5, 5.41) is 12.1. The van der Waals surface area contributed by atoms with E-state index < -0.39 is 0 Å². The van der Waals surface area contributed by atoms with Crippen molar-refractivity contribution in [2.45, 2.75) is 32.8 Å². The van der Waals surface area contributed by atoms with Crippen molar-refractivity contribution in [2.24, 2.45) is 5.92 Å². The Morgan fingerprint density at radius 2 is 1.88 bits per heavy atom. The maximum atomic E-state index is 11.9. The van der Waals surface area contributed by atoms with E-state index in [1.165, 1.54) is 0 Å². The molecule has 0 heterocycles. The summed E-state index contributed by atoms with van der Waals surface area (Å²) in [5.74, 6) is 0.429. The van der Waals surface area contributed by atoms with Crippen molar-refractivity contribution >= 4 is 5.91 Å². The summed E-state index contributed by atoms with van der Waals surface area (Å²) in [6.07, 6.45) is 1.47. The summed E-state index contributed by atoms with van der Waals surface area (Å²) in [6.45, 7) is 4.65. The first-order chi connectivity index (χ1) is 8.04. The average Bonchev–Trinajstić information content (AvgIpc) is 2.21. The third kappa shape index (κ3) is 3.07. The molecule has 0 aromatic heterocycles. The first-order valence-corrected chi connectivity index (χ1v) is 6.09. The molecule has 0 atom stereocenters. The number of aliphatic hydroxyl groups excluding tert-OH is 1. The number of carbonyl (C=O) groups is 1. The highest BCUT2D eigenvalue weighted by molar-refractivity contribution is 5.94. The molecule has 1 amide bonds. The normalized spacial score (nSPS) is 23.0. The number of rotatable bonds is 3. The van der Waals surface area contributed by atoms with Crippen LogP contribution in [0.2, 0.25) is 0 Å². The van der Waals surface area contributed by atoms with Gasteiger partial charge in [-0.1, -0.05) is 17.2 Å². The van der Waals surface area contributed by atoms with Crippen molar-refractivity contribution in [3.63, 3.8) is 0 Å². The quantitative estimate of drug-likeness (QED) is 0.836. The average molecular weight is 233 g/mol. The monoisotopic (exact) mass is 233 g/mol. The highest BCUT2D eigenvalue weighted by Crippen LogP contribution is 2.26. The second kappa shape index (κ2) is 4.88. The van der Waals surface area contributed by atoms with Crippen LogP contribution in [0.15, 0.2) is 18.2 Å². The Hall–Kier alpha value is -1.35. The maximum absolute atomic E-state index is 11.9. The summed E-state index contributed by atoms with van der Waals surface area (Å²) in [5.41, 5.74) is 2.94. The predicted molar refractivity (Wildman–Crippen MR) is 67.0 cm³/mol. The van der Waals surface area contributed by atoms with Crippen LogP contribution in [0.3, 0.4) is 0 Å². The second-order valence-electron chi connectivity index (χ2n) is 5.08. The van der Waals surface area contributed by atoms with Crippen molar-refractivity contribution < 1.29 is 9.90 Å². The van der Waals surface area contributed by atoms with E-state index in [0.29, 0.717) is 12.5 Å². The molecule has 3 nitrogen and oxygen atoms in total. The van der Waals surface area contributed by atoms with Gasteiger partial charge in [-0.2, -0.15) is 0 Å². The summed E-state index contributed by atoms with van der Waals surface area (Å²) >= 11 is 0. The molecule has 1 aliphatic rings. The molecule has 1 saturated carbocycles. The molecule has 0 unspecified atom stereocenters. The molecule has 1 aromatic rings. The highest BCUT2D eigenvalue weighted by atomic mass is 16.3. The zero-order valence-electron chi connectivity index (χ0n) is 10.4. The Morgan fingerprint density at radius 3 is 2.41 bits per heavy atom. The van der Waals surface area contributed by atoms with E-state index in [-0.39, 0.29) is 12.0 Å². The highest BCUT2D eigenvalue weighted by Gasteiger charge is 2.27. The van der Waals surface area contributed by atoms with Crippen molar-refractivity contribution in [3.05, 3.63) is 34.9 Å². The number of aliphatic hydroxyl groups is 1. The summed E-state index contributed by atoms with van der Waals surface area (Å²) in [4.78, 5) is 11.9. The molecular formula is C14H19NO2. The molecule has 2 N–H and O–H groups in total. The van der Waals surface area contributed by atoms with Crippen LogP contribution >= 0.6 is 0 Å². The summed E-state index contributed by atoms with van der Waals surface area (Å²) in [6, 6.07) is 5.86. The van der Waals surface area contributed by atoms with Gasteiger partial charge in [0, 0.05) is 12.1 Å². The van der Waals surface area contributed by atoms with E-state index in [0.717, 1.165) is 29.5 Å². The molecular weight excluding hydrogens is 214 g/mol. The van der Waals surface area contributed by atoms with Gasteiger partial charge in [0.05, 0.1) is 6.10 Å². The van der Waals surface area contributed by atoms with E-state index in [1.807, 2.05) is 26.0 Å². The van der Waals surface area contributed by atoms with Crippen molar-refractivity contribution in [1.82, 2.24) is 5.32 Å². The lowest BCUT2D eigenvalue weighted by molar-refractivity contribution is 0.0420. The smallest absolute Gasteiger partial charge is 0.251 e. The van der Waals surface area contributed by atoms with Gasteiger partial charge in [-0.25, -0.2) is 0 Å². The van der Waals surface area contributed by atoms with Gasteiger partial charge in [-0.3, -0.25) is 4.79 Å². The molecule has 92 valence electrons. The fourth-order valence-electron chi connectivity index (χ4n) is 2.31. The zero-order valence-corrected chi connectivity index (χ0v) is 10.4. The first-order valence-electron chi connectivity index (χ1n) is 6.09. The number of carbonyl (C=O) groups excluding carboxylic acids is 1. The number of benzene rings is 1. The van der Waals surface area contributed by atoms with Gasteiger partial charge in [-0.05, 0) is 44.7 Å². The lowest BCUT2D eigenvalue weighted by Crippen LogP contribution is -2.38. The zero-order chi connectivity index (χ0) is 12.4. The molecule has 1 aliphatic carbocycles. The van der Waals surface area contributed by atoms with Crippen LogP contribution in [0.25, 0.3) is 0 Å². The fraction of sp³-hybridized carbons (Fsp3) is 0.500. The lowest BCUT2D eigenvalue weighted by atomic mass is 9.82. The van der Waals surface area contributed by atoms with Crippen LogP contribution in [0.1, 0.15) is 34.3 Å². The molecule has 0 bridgehead atoms. The molecule has 2 rings (SSSR count). The van der Waals surface area contributed by atoms with Crippen LogP contribution in [-0.4, -0.2) is 23.7 Å². The number of aryl methyl sites for hydroxylation is 2. The second-order valence-corrected chi connectivity index (χ2v) is 5.08. The molecule has 0 aliphatic heterocycles. The minimum absolute atomic E-state index is 0.0156. The van der Waals surface area contributed by atoms with Gasteiger partial charge >= 0.3 is 0 Å². The van der Waals surface area contributed by atoms with Gasteiger partial charge in [-0.15, -0.1) is 0 Å². The van der Waals surface area contributed by atoms with Crippen LogP contribution < -0.4 is 5.32 Å².